The van der Waals surface area contributed by atoms with E-state index in [1.165, 1.54) is 0 Å². The van der Waals surface area contributed by atoms with Crippen molar-refractivity contribution in [3.05, 3.63) is 53.7 Å². The van der Waals surface area contributed by atoms with Crippen molar-refractivity contribution in [3.8, 4) is 6.01 Å². The number of aromatic amines is 1. The van der Waals surface area contributed by atoms with Crippen LogP contribution in [0.25, 0.3) is 10.9 Å². The molecule has 2 aromatic heterocycles. The molecule has 0 unspecified atom stereocenters. The van der Waals surface area contributed by atoms with Gasteiger partial charge in [0, 0.05) is 22.6 Å². The largest absolute Gasteiger partial charge is 0.460 e. The molecule has 1 aliphatic carbocycles. The number of amides is 1. The number of carbonyl (C=O) groups is 2. The van der Waals surface area contributed by atoms with E-state index < -0.39 is 17.5 Å². The van der Waals surface area contributed by atoms with Gasteiger partial charge in [-0.2, -0.15) is 0 Å². The van der Waals surface area contributed by atoms with Gasteiger partial charge in [0.2, 0.25) is 0 Å². The lowest BCUT2D eigenvalue weighted by Gasteiger charge is -2.28. The molecule has 8 heteroatoms. The first-order chi connectivity index (χ1) is 14.0. The molecule has 1 aromatic carbocycles. The molecule has 0 saturated heterocycles. The van der Waals surface area contributed by atoms with Crippen LogP contribution in [-0.4, -0.2) is 38.8 Å². The van der Waals surface area contributed by atoms with Crippen LogP contribution in [0.5, 0.6) is 6.01 Å². The Kier molecular flexibility index (Phi) is 5.24. The minimum absolute atomic E-state index is 0.0917. The van der Waals surface area contributed by atoms with Crippen LogP contribution >= 0.6 is 0 Å². The third kappa shape index (κ3) is 4.11. The number of hydrogen-bond donors (Lipinski definition) is 2. The molecule has 2 heterocycles. The second kappa shape index (κ2) is 7.98. The van der Waals surface area contributed by atoms with Gasteiger partial charge < -0.3 is 15.0 Å². The predicted octanol–water partition coefficient (Wildman–Crippen LogP) is 3.09. The summed E-state index contributed by atoms with van der Waals surface area (Å²) >= 11 is 0. The molecule has 2 N–H and O–H groups in total. The van der Waals surface area contributed by atoms with E-state index in [1.807, 2.05) is 24.3 Å². The number of hydrogen-bond acceptors (Lipinski definition) is 5. The minimum Gasteiger partial charge on any atom is -0.460 e. The first-order valence-corrected chi connectivity index (χ1v) is 9.58. The maximum absolute atomic E-state index is 12.9. The van der Waals surface area contributed by atoms with Crippen molar-refractivity contribution in [2.24, 2.45) is 0 Å². The zero-order chi connectivity index (χ0) is 20.4. The Morgan fingerprint density at radius 1 is 1.14 bits per heavy atom. The van der Waals surface area contributed by atoms with E-state index in [0.29, 0.717) is 36.9 Å². The number of H-pyrrole nitrogens is 1. The lowest BCUT2D eigenvalue weighted by atomic mass is 9.92. The van der Waals surface area contributed by atoms with Gasteiger partial charge >= 0.3 is 6.01 Å². The van der Waals surface area contributed by atoms with Crippen LogP contribution < -0.4 is 10.1 Å². The third-order valence-electron chi connectivity index (χ3n) is 5.21. The number of aromatic nitrogens is 3. The Bertz CT molecular complexity index is 1040. The summed E-state index contributed by atoms with van der Waals surface area (Å²) in [6.45, 7) is 1.79. The highest BCUT2D eigenvalue weighted by Crippen LogP contribution is 2.24. The summed E-state index contributed by atoms with van der Waals surface area (Å²) in [6.07, 6.45) is 4.76. The number of fused-ring (bicyclic) bond motifs is 1. The topological polar surface area (TPSA) is 97.0 Å². The second-order valence-corrected chi connectivity index (χ2v) is 7.25. The highest BCUT2D eigenvalue weighted by atomic mass is 19.1. The SMILES string of the molecule is Cc1[nH]c2ccccc2c1C(=O)C(=O)NC1CCC(Oc2ncc(F)cn2)CC1. The van der Waals surface area contributed by atoms with Crippen LogP contribution in [-0.2, 0) is 4.79 Å². The number of carbonyl (C=O) groups excluding carboxylic acids is 2. The Hall–Kier alpha value is -3.29. The summed E-state index contributed by atoms with van der Waals surface area (Å²) in [5.74, 6) is -1.64. The summed E-state index contributed by atoms with van der Waals surface area (Å²) in [5.41, 5.74) is 1.94. The molecule has 1 aliphatic rings. The Morgan fingerprint density at radius 2 is 1.83 bits per heavy atom. The lowest BCUT2D eigenvalue weighted by Crippen LogP contribution is -2.42. The molecule has 0 aliphatic heterocycles. The molecular formula is C21H21FN4O3. The number of nitrogens with zero attached hydrogens (tertiary/aromatic N) is 2. The van der Waals surface area contributed by atoms with E-state index >= 15 is 0 Å². The van der Waals surface area contributed by atoms with Crippen molar-refractivity contribution in [1.82, 2.24) is 20.3 Å². The molecule has 4 rings (SSSR count). The molecule has 150 valence electrons. The fraction of sp³-hybridized carbons (Fsp3) is 0.333. The van der Waals surface area contributed by atoms with E-state index in [-0.39, 0.29) is 18.2 Å². The van der Waals surface area contributed by atoms with Gasteiger partial charge in [-0.25, -0.2) is 14.4 Å². The Morgan fingerprint density at radius 3 is 2.55 bits per heavy atom. The van der Waals surface area contributed by atoms with E-state index in [0.717, 1.165) is 23.3 Å². The Balaban J connectivity index is 1.34. The number of halogens is 1. The van der Waals surface area contributed by atoms with Gasteiger partial charge in [-0.05, 0) is 38.7 Å². The zero-order valence-corrected chi connectivity index (χ0v) is 15.9. The quantitative estimate of drug-likeness (QED) is 0.510. The smallest absolute Gasteiger partial charge is 0.316 e. The number of benzene rings is 1. The van der Waals surface area contributed by atoms with Crippen molar-refractivity contribution in [3.63, 3.8) is 0 Å². The van der Waals surface area contributed by atoms with Gasteiger partial charge in [-0.3, -0.25) is 9.59 Å². The van der Waals surface area contributed by atoms with Crippen molar-refractivity contribution in [2.45, 2.75) is 44.8 Å². The molecule has 1 fully saturated rings. The normalized spacial score (nSPS) is 19.1. The van der Waals surface area contributed by atoms with Gasteiger partial charge in [-0.15, -0.1) is 0 Å². The molecule has 0 bridgehead atoms. The molecule has 0 atom stereocenters. The van der Waals surface area contributed by atoms with Gasteiger partial charge in [0.15, 0.2) is 5.82 Å². The number of Topliss-reactive ketones (excluding diaryl/α,β-unsaturated/α-hetero) is 1. The number of para-hydroxylation sites is 1. The number of ketones is 1. The van der Waals surface area contributed by atoms with Crippen molar-refractivity contribution in [2.75, 3.05) is 0 Å². The highest BCUT2D eigenvalue weighted by molar-refractivity contribution is 6.45. The third-order valence-corrected chi connectivity index (χ3v) is 5.21. The monoisotopic (exact) mass is 396 g/mol. The molecule has 0 spiro atoms. The second-order valence-electron chi connectivity index (χ2n) is 7.25. The molecule has 1 saturated carbocycles. The molecular weight excluding hydrogens is 375 g/mol. The van der Waals surface area contributed by atoms with E-state index in [2.05, 4.69) is 20.3 Å². The Labute approximate surface area is 166 Å². The maximum atomic E-state index is 12.9. The van der Waals surface area contributed by atoms with Gasteiger partial charge in [0.25, 0.3) is 11.7 Å². The molecule has 1 amide bonds. The summed E-state index contributed by atoms with van der Waals surface area (Å²) < 4.78 is 18.5. The van der Waals surface area contributed by atoms with Gasteiger partial charge in [0.05, 0.1) is 18.0 Å². The van der Waals surface area contributed by atoms with Gasteiger partial charge in [-0.1, -0.05) is 18.2 Å². The number of ether oxygens (including phenoxy) is 1. The standard InChI is InChI=1S/C21H21FN4O3/c1-12-18(16-4-2-3-5-17(16)25-12)19(27)20(28)26-14-6-8-15(9-7-14)29-21-23-10-13(22)11-24-21/h2-5,10-11,14-15,25H,6-9H2,1H3,(H,26,28). The summed E-state index contributed by atoms with van der Waals surface area (Å²) in [6, 6.07) is 7.48. The zero-order valence-electron chi connectivity index (χ0n) is 15.9. The fourth-order valence-corrected chi connectivity index (χ4v) is 3.77. The number of rotatable bonds is 5. The van der Waals surface area contributed by atoms with Gasteiger partial charge in [0.1, 0.15) is 6.10 Å². The fourth-order valence-electron chi connectivity index (χ4n) is 3.77. The van der Waals surface area contributed by atoms with E-state index in [1.54, 1.807) is 6.92 Å². The number of nitrogens with one attached hydrogen (secondary N) is 2. The average molecular weight is 396 g/mol. The summed E-state index contributed by atoms with van der Waals surface area (Å²) in [4.78, 5) is 36.0. The van der Waals surface area contributed by atoms with Crippen molar-refractivity contribution in [1.29, 1.82) is 0 Å². The minimum atomic E-state index is -0.593. The average Bonchev–Trinajstić information content (AvgIpc) is 3.06. The van der Waals surface area contributed by atoms with E-state index in [4.69, 9.17) is 4.74 Å². The summed E-state index contributed by atoms with van der Waals surface area (Å²) in [7, 11) is 0. The lowest BCUT2D eigenvalue weighted by molar-refractivity contribution is -0.118. The van der Waals surface area contributed by atoms with Crippen LogP contribution in [0.15, 0.2) is 36.7 Å². The molecule has 0 radical (unpaired) electrons. The molecule has 29 heavy (non-hydrogen) atoms. The summed E-state index contributed by atoms with van der Waals surface area (Å²) in [5, 5.41) is 3.60. The van der Waals surface area contributed by atoms with E-state index in [9.17, 15) is 14.0 Å². The van der Waals surface area contributed by atoms with Crippen molar-refractivity contribution < 1.29 is 18.7 Å². The van der Waals surface area contributed by atoms with Crippen molar-refractivity contribution >= 4 is 22.6 Å². The first-order valence-electron chi connectivity index (χ1n) is 9.58. The predicted molar refractivity (Wildman–Crippen MR) is 104 cm³/mol. The van der Waals surface area contributed by atoms with Crippen LogP contribution in [0.4, 0.5) is 4.39 Å². The van der Waals surface area contributed by atoms with Crippen LogP contribution in [0.3, 0.4) is 0 Å². The maximum Gasteiger partial charge on any atom is 0.316 e. The highest BCUT2D eigenvalue weighted by Gasteiger charge is 2.28. The van der Waals surface area contributed by atoms with Crippen LogP contribution in [0.1, 0.15) is 41.7 Å². The van der Waals surface area contributed by atoms with Crippen LogP contribution in [0.2, 0.25) is 0 Å². The number of aryl methyl sites for hydroxylation is 1. The van der Waals surface area contributed by atoms with Crippen LogP contribution in [0, 0.1) is 12.7 Å². The molecule has 3 aromatic rings. The molecule has 7 nitrogen and oxygen atoms in total. The first kappa shape index (κ1) is 19.0.